The molecule has 0 aliphatic heterocycles. The largest absolute Gasteiger partial charge is 0.328 e. The van der Waals surface area contributed by atoms with Crippen molar-refractivity contribution in [1.82, 2.24) is 9.55 Å². The minimum absolute atomic E-state index is 0.0764. The maximum Gasteiger partial charge on any atom is 0.255 e. The van der Waals surface area contributed by atoms with E-state index in [0.29, 0.717) is 5.56 Å². The summed E-state index contributed by atoms with van der Waals surface area (Å²) in [6, 6.07) is 24.0. The molecule has 4 heteroatoms. The molecule has 0 fully saturated rings. The van der Waals surface area contributed by atoms with Crippen molar-refractivity contribution >= 4 is 22.6 Å². The molecule has 1 heterocycles. The quantitative estimate of drug-likeness (QED) is 0.484. The van der Waals surface area contributed by atoms with Gasteiger partial charge in [0.1, 0.15) is 5.82 Å². The van der Waals surface area contributed by atoms with Crippen LogP contribution < -0.4 is 5.32 Å². The Labute approximate surface area is 171 Å². The van der Waals surface area contributed by atoms with Crippen molar-refractivity contribution < 1.29 is 4.79 Å². The maximum atomic E-state index is 12.5. The first-order valence-electron chi connectivity index (χ1n) is 10.1. The van der Waals surface area contributed by atoms with Gasteiger partial charge in [-0.15, -0.1) is 0 Å². The van der Waals surface area contributed by atoms with Crippen molar-refractivity contribution in [3.63, 3.8) is 0 Å². The van der Waals surface area contributed by atoms with Crippen LogP contribution >= 0.6 is 0 Å². The summed E-state index contributed by atoms with van der Waals surface area (Å²) in [6.45, 7) is 5.02. The second-order valence-electron chi connectivity index (χ2n) is 7.23. The molecule has 0 radical (unpaired) electrons. The predicted molar refractivity (Wildman–Crippen MR) is 118 cm³/mol. The number of rotatable bonds is 6. The molecule has 4 aromatic rings. The van der Waals surface area contributed by atoms with Crippen molar-refractivity contribution in [2.75, 3.05) is 5.32 Å². The number of anilines is 1. The number of benzene rings is 3. The third-order valence-corrected chi connectivity index (χ3v) is 5.29. The smallest absolute Gasteiger partial charge is 0.255 e. The van der Waals surface area contributed by atoms with Crippen LogP contribution in [0, 0.1) is 6.92 Å². The van der Waals surface area contributed by atoms with Crippen LogP contribution in [0.1, 0.15) is 34.2 Å². The van der Waals surface area contributed by atoms with E-state index in [4.69, 9.17) is 4.98 Å². The lowest BCUT2D eigenvalue weighted by Crippen LogP contribution is -2.13. The third kappa shape index (κ3) is 4.06. The zero-order valence-corrected chi connectivity index (χ0v) is 16.9. The fourth-order valence-corrected chi connectivity index (χ4v) is 3.71. The van der Waals surface area contributed by atoms with Crippen LogP contribution in [-0.2, 0) is 19.4 Å². The number of para-hydroxylation sites is 2. The highest BCUT2D eigenvalue weighted by Crippen LogP contribution is 2.19. The summed E-state index contributed by atoms with van der Waals surface area (Å²) in [5, 5.41) is 2.98. The zero-order valence-electron chi connectivity index (χ0n) is 16.9. The number of aryl methyl sites for hydroxylation is 4. The minimum Gasteiger partial charge on any atom is -0.328 e. The van der Waals surface area contributed by atoms with Crippen LogP contribution in [0.5, 0.6) is 0 Å². The summed E-state index contributed by atoms with van der Waals surface area (Å²) < 4.78 is 2.28. The predicted octanol–water partition coefficient (Wildman–Crippen LogP) is 5.40. The highest BCUT2D eigenvalue weighted by Gasteiger charge is 2.10. The summed E-state index contributed by atoms with van der Waals surface area (Å²) in [7, 11) is 0. The van der Waals surface area contributed by atoms with Gasteiger partial charge in [-0.05, 0) is 61.7 Å². The highest BCUT2D eigenvalue weighted by molar-refractivity contribution is 6.05. The van der Waals surface area contributed by atoms with Crippen molar-refractivity contribution in [3.05, 3.63) is 95.3 Å². The Kier molecular flexibility index (Phi) is 5.43. The molecule has 0 spiro atoms. The van der Waals surface area contributed by atoms with Gasteiger partial charge in [0, 0.05) is 24.2 Å². The number of aromatic nitrogens is 2. The third-order valence-electron chi connectivity index (χ3n) is 5.29. The summed E-state index contributed by atoms with van der Waals surface area (Å²) in [5.41, 5.74) is 5.96. The van der Waals surface area contributed by atoms with Crippen LogP contribution in [0.25, 0.3) is 11.0 Å². The van der Waals surface area contributed by atoms with Crippen molar-refractivity contribution in [2.45, 2.75) is 33.2 Å². The van der Waals surface area contributed by atoms with Crippen LogP contribution in [-0.4, -0.2) is 15.5 Å². The Morgan fingerprint density at radius 3 is 2.41 bits per heavy atom. The molecule has 29 heavy (non-hydrogen) atoms. The number of hydrogen-bond donors (Lipinski definition) is 1. The molecule has 1 N–H and O–H groups in total. The van der Waals surface area contributed by atoms with Crippen molar-refractivity contribution in [3.8, 4) is 0 Å². The lowest BCUT2D eigenvalue weighted by Gasteiger charge is -2.09. The summed E-state index contributed by atoms with van der Waals surface area (Å²) in [5.74, 6) is 1.04. The maximum absolute atomic E-state index is 12.5. The van der Waals surface area contributed by atoms with Gasteiger partial charge in [0.2, 0.25) is 0 Å². The van der Waals surface area contributed by atoms with Crippen molar-refractivity contribution in [2.24, 2.45) is 0 Å². The molecular weight excluding hydrogens is 358 g/mol. The van der Waals surface area contributed by atoms with Gasteiger partial charge in [0.15, 0.2) is 0 Å². The average molecular weight is 383 g/mol. The van der Waals surface area contributed by atoms with Gasteiger partial charge in [-0.1, -0.05) is 42.5 Å². The number of nitrogens with zero attached hydrogens (tertiary/aromatic N) is 2. The van der Waals surface area contributed by atoms with Crippen LogP contribution in [0.4, 0.5) is 5.69 Å². The fourth-order valence-electron chi connectivity index (χ4n) is 3.71. The van der Waals surface area contributed by atoms with Gasteiger partial charge in [-0.25, -0.2) is 4.98 Å². The van der Waals surface area contributed by atoms with Crippen molar-refractivity contribution in [1.29, 1.82) is 0 Å². The lowest BCUT2D eigenvalue weighted by molar-refractivity contribution is 0.102. The first-order valence-corrected chi connectivity index (χ1v) is 10.1. The van der Waals surface area contributed by atoms with Crippen LogP contribution in [0.2, 0.25) is 0 Å². The molecule has 146 valence electrons. The number of fused-ring (bicyclic) bond motifs is 1. The molecule has 3 aromatic carbocycles. The van der Waals surface area contributed by atoms with Gasteiger partial charge in [-0.2, -0.15) is 0 Å². The normalized spacial score (nSPS) is 11.0. The second-order valence-corrected chi connectivity index (χ2v) is 7.23. The number of carbonyl (C=O) groups is 1. The molecule has 1 aromatic heterocycles. The van der Waals surface area contributed by atoms with E-state index in [1.165, 1.54) is 11.1 Å². The minimum atomic E-state index is -0.0764. The first-order chi connectivity index (χ1) is 14.2. The van der Waals surface area contributed by atoms with Gasteiger partial charge >= 0.3 is 0 Å². The average Bonchev–Trinajstić information content (AvgIpc) is 3.11. The van der Waals surface area contributed by atoms with Gasteiger partial charge in [0.05, 0.1) is 11.0 Å². The Morgan fingerprint density at radius 2 is 1.66 bits per heavy atom. The highest BCUT2D eigenvalue weighted by atomic mass is 16.1. The number of carbonyl (C=O) groups excluding carboxylic acids is 1. The van der Waals surface area contributed by atoms with E-state index in [1.54, 1.807) is 0 Å². The molecule has 0 atom stereocenters. The lowest BCUT2D eigenvalue weighted by atomic mass is 10.1. The van der Waals surface area contributed by atoms with Crippen LogP contribution in [0.15, 0.2) is 72.8 Å². The van der Waals surface area contributed by atoms with E-state index in [2.05, 4.69) is 47.1 Å². The van der Waals surface area contributed by atoms with Crippen LogP contribution in [0.3, 0.4) is 0 Å². The molecule has 0 aliphatic rings. The number of nitrogens with one attached hydrogen (secondary N) is 1. The van der Waals surface area contributed by atoms with E-state index < -0.39 is 0 Å². The topological polar surface area (TPSA) is 46.9 Å². The van der Waals surface area contributed by atoms with E-state index in [0.717, 1.165) is 42.0 Å². The Balaban J connectivity index is 1.43. The summed E-state index contributed by atoms with van der Waals surface area (Å²) in [4.78, 5) is 17.3. The molecule has 0 saturated carbocycles. The molecule has 0 aliphatic carbocycles. The Morgan fingerprint density at radius 1 is 0.931 bits per heavy atom. The number of hydrogen-bond acceptors (Lipinski definition) is 2. The SMILES string of the molecule is CCn1c(CCc2ccc(NC(=O)c3ccccc3C)cc2)nc2ccccc21. The molecule has 0 unspecified atom stereocenters. The molecule has 4 nitrogen and oxygen atoms in total. The van der Waals surface area contributed by atoms with Gasteiger partial charge < -0.3 is 9.88 Å². The Bertz CT molecular complexity index is 1140. The van der Waals surface area contributed by atoms with E-state index in [-0.39, 0.29) is 5.91 Å². The number of imidazole rings is 1. The first kappa shape index (κ1) is 18.9. The molecule has 1 amide bonds. The Hall–Kier alpha value is -3.40. The van der Waals surface area contributed by atoms with E-state index >= 15 is 0 Å². The van der Waals surface area contributed by atoms with E-state index in [9.17, 15) is 4.79 Å². The fraction of sp³-hybridized carbons (Fsp3) is 0.200. The molecular formula is C25H25N3O. The second kappa shape index (κ2) is 8.31. The zero-order chi connectivity index (χ0) is 20.2. The standard InChI is InChI=1S/C25H25N3O/c1-3-28-23-11-7-6-10-22(23)27-24(28)17-14-19-12-15-20(16-13-19)26-25(29)21-9-5-4-8-18(21)2/h4-13,15-16H,3,14,17H2,1-2H3,(H,26,29). The number of amides is 1. The van der Waals surface area contributed by atoms with E-state index in [1.807, 2.05) is 49.4 Å². The molecule has 0 bridgehead atoms. The van der Waals surface area contributed by atoms with Gasteiger partial charge in [0.25, 0.3) is 5.91 Å². The monoisotopic (exact) mass is 383 g/mol. The molecule has 4 rings (SSSR count). The molecule has 0 saturated heterocycles. The van der Waals surface area contributed by atoms with Gasteiger partial charge in [-0.3, -0.25) is 4.79 Å². The summed E-state index contributed by atoms with van der Waals surface area (Å²) in [6.07, 6.45) is 1.80. The summed E-state index contributed by atoms with van der Waals surface area (Å²) >= 11 is 0.